The summed E-state index contributed by atoms with van der Waals surface area (Å²) in [6.45, 7) is 3.86. The van der Waals surface area contributed by atoms with Crippen LogP contribution in [0.3, 0.4) is 0 Å². The number of thiazole rings is 1. The first-order valence-electron chi connectivity index (χ1n) is 9.66. The van der Waals surface area contributed by atoms with Crippen LogP contribution in [-0.2, 0) is 0 Å². The van der Waals surface area contributed by atoms with Crippen molar-refractivity contribution in [1.29, 1.82) is 0 Å². The molecule has 2 fully saturated rings. The van der Waals surface area contributed by atoms with Crippen molar-refractivity contribution in [3.63, 3.8) is 0 Å². The van der Waals surface area contributed by atoms with Gasteiger partial charge in [0.2, 0.25) is 5.13 Å². The van der Waals surface area contributed by atoms with Gasteiger partial charge in [-0.05, 0) is 31.0 Å². The molecule has 0 spiro atoms. The van der Waals surface area contributed by atoms with E-state index < -0.39 is 0 Å². The van der Waals surface area contributed by atoms with Crippen molar-refractivity contribution in [3.8, 4) is 0 Å². The summed E-state index contributed by atoms with van der Waals surface area (Å²) in [6.07, 6.45) is 6.62. The predicted molar refractivity (Wildman–Crippen MR) is 115 cm³/mol. The van der Waals surface area contributed by atoms with Crippen molar-refractivity contribution < 1.29 is 0 Å². The molecule has 5 nitrogen and oxygen atoms in total. The van der Waals surface area contributed by atoms with Gasteiger partial charge in [0.25, 0.3) is 0 Å². The molecule has 0 amide bonds. The van der Waals surface area contributed by atoms with E-state index in [1.807, 2.05) is 18.2 Å². The molecule has 0 N–H and O–H groups in total. The minimum Gasteiger partial charge on any atom is -0.345 e. The highest BCUT2D eigenvalue weighted by Gasteiger charge is 2.25. The molecule has 0 atom stereocenters. The average Bonchev–Trinajstić information content (AvgIpc) is 3.36. The van der Waals surface area contributed by atoms with E-state index in [0.717, 1.165) is 51.7 Å². The second-order valence-corrected chi connectivity index (χ2v) is 9.77. The summed E-state index contributed by atoms with van der Waals surface area (Å²) >= 11 is 9.64. The Balaban J connectivity index is 1.25. The van der Waals surface area contributed by atoms with E-state index in [1.54, 1.807) is 22.7 Å². The van der Waals surface area contributed by atoms with Crippen molar-refractivity contribution >= 4 is 54.8 Å². The second kappa shape index (κ2) is 7.53. The second-order valence-electron chi connectivity index (χ2n) is 7.34. The highest BCUT2D eigenvalue weighted by atomic mass is 35.5. The van der Waals surface area contributed by atoms with Gasteiger partial charge in [-0.3, -0.25) is 0 Å². The number of hydrogen-bond acceptors (Lipinski definition) is 7. The molecule has 2 aliphatic rings. The molecule has 0 radical (unpaired) electrons. The number of hydrogen-bond donors (Lipinski definition) is 0. The van der Waals surface area contributed by atoms with Crippen LogP contribution in [0.5, 0.6) is 0 Å². The third-order valence-electron chi connectivity index (χ3n) is 5.54. The lowest BCUT2D eigenvalue weighted by atomic mass is 9.90. The molecular formula is C19H22ClN5S2. The van der Waals surface area contributed by atoms with Crippen LogP contribution in [0.25, 0.3) is 10.2 Å². The molecule has 1 saturated heterocycles. The highest BCUT2D eigenvalue weighted by Crippen LogP contribution is 2.36. The molecule has 1 aromatic carbocycles. The van der Waals surface area contributed by atoms with Gasteiger partial charge >= 0.3 is 0 Å². The molecule has 142 valence electrons. The molecule has 0 unspecified atom stereocenters. The highest BCUT2D eigenvalue weighted by molar-refractivity contribution is 7.22. The molecule has 2 aromatic heterocycles. The fourth-order valence-corrected chi connectivity index (χ4v) is 6.34. The standard InChI is InChI=1S/C19H22ClN5S2/c20-14-6-7-15-16(12-14)26-18(21-15)24-8-10-25(11-9-24)19-23-22-17(27-19)13-4-2-1-3-5-13/h6-7,12-13H,1-5,8-11H2. The topological polar surface area (TPSA) is 45.2 Å². The van der Waals surface area contributed by atoms with E-state index in [4.69, 9.17) is 16.6 Å². The monoisotopic (exact) mass is 419 g/mol. The van der Waals surface area contributed by atoms with Crippen LogP contribution in [0.2, 0.25) is 5.02 Å². The first-order chi connectivity index (χ1) is 13.3. The minimum atomic E-state index is 0.640. The Hall–Kier alpha value is -1.44. The molecule has 27 heavy (non-hydrogen) atoms. The van der Waals surface area contributed by atoms with E-state index in [0.29, 0.717) is 5.92 Å². The fraction of sp³-hybridized carbons (Fsp3) is 0.526. The van der Waals surface area contributed by atoms with Crippen LogP contribution in [0.1, 0.15) is 43.0 Å². The normalized spacial score (nSPS) is 19.1. The molecule has 3 aromatic rings. The van der Waals surface area contributed by atoms with Gasteiger partial charge in [0.15, 0.2) is 5.13 Å². The lowest BCUT2D eigenvalue weighted by Crippen LogP contribution is -2.46. The maximum Gasteiger partial charge on any atom is 0.208 e. The van der Waals surface area contributed by atoms with Crippen molar-refractivity contribution in [3.05, 3.63) is 28.2 Å². The van der Waals surface area contributed by atoms with Crippen LogP contribution in [0, 0.1) is 0 Å². The van der Waals surface area contributed by atoms with Gasteiger partial charge in [0.05, 0.1) is 10.2 Å². The Morgan fingerprint density at radius 3 is 2.41 bits per heavy atom. The zero-order valence-corrected chi connectivity index (χ0v) is 17.5. The van der Waals surface area contributed by atoms with Crippen LogP contribution < -0.4 is 9.80 Å². The first kappa shape index (κ1) is 17.6. The molecule has 5 rings (SSSR count). The van der Waals surface area contributed by atoms with Gasteiger partial charge in [0, 0.05) is 37.1 Å². The molecule has 1 aliphatic carbocycles. The number of benzene rings is 1. The van der Waals surface area contributed by atoms with Crippen molar-refractivity contribution in [2.45, 2.75) is 38.0 Å². The summed E-state index contributed by atoms with van der Waals surface area (Å²) in [5.74, 6) is 0.640. The lowest BCUT2D eigenvalue weighted by molar-refractivity contribution is 0.440. The SMILES string of the molecule is Clc1ccc2nc(N3CCN(c4nnc(C5CCCCC5)s4)CC3)sc2c1. The van der Waals surface area contributed by atoms with Gasteiger partial charge in [-0.2, -0.15) is 0 Å². The maximum absolute atomic E-state index is 6.11. The first-order valence-corrected chi connectivity index (χ1v) is 11.7. The fourth-order valence-electron chi connectivity index (χ4n) is 3.98. The molecular weight excluding hydrogens is 398 g/mol. The smallest absolute Gasteiger partial charge is 0.208 e. The van der Waals surface area contributed by atoms with E-state index in [2.05, 4.69) is 20.0 Å². The number of rotatable bonds is 3. The summed E-state index contributed by atoms with van der Waals surface area (Å²) in [5.41, 5.74) is 1.03. The largest absolute Gasteiger partial charge is 0.345 e. The van der Waals surface area contributed by atoms with Gasteiger partial charge in [-0.25, -0.2) is 4.98 Å². The van der Waals surface area contributed by atoms with Crippen molar-refractivity contribution in [1.82, 2.24) is 15.2 Å². The summed E-state index contributed by atoms with van der Waals surface area (Å²) in [5, 5.41) is 13.2. The Kier molecular flexibility index (Phi) is 4.92. The zero-order chi connectivity index (χ0) is 18.2. The molecule has 8 heteroatoms. The molecule has 0 bridgehead atoms. The summed E-state index contributed by atoms with van der Waals surface area (Å²) in [7, 11) is 0. The van der Waals surface area contributed by atoms with Crippen molar-refractivity contribution in [2.75, 3.05) is 36.0 Å². The van der Waals surface area contributed by atoms with E-state index in [1.165, 1.54) is 37.1 Å². The maximum atomic E-state index is 6.11. The van der Waals surface area contributed by atoms with Crippen LogP contribution in [0.15, 0.2) is 18.2 Å². The lowest BCUT2D eigenvalue weighted by Gasteiger charge is -2.34. The number of fused-ring (bicyclic) bond motifs is 1. The number of nitrogens with zero attached hydrogens (tertiary/aromatic N) is 5. The van der Waals surface area contributed by atoms with Gasteiger partial charge in [-0.15, -0.1) is 10.2 Å². The average molecular weight is 420 g/mol. The van der Waals surface area contributed by atoms with E-state index in [9.17, 15) is 0 Å². The van der Waals surface area contributed by atoms with E-state index in [-0.39, 0.29) is 0 Å². The van der Waals surface area contributed by atoms with Crippen LogP contribution >= 0.6 is 34.3 Å². The Morgan fingerprint density at radius 2 is 1.63 bits per heavy atom. The quantitative estimate of drug-likeness (QED) is 0.585. The molecule has 3 heterocycles. The van der Waals surface area contributed by atoms with Crippen LogP contribution in [0.4, 0.5) is 10.3 Å². The summed E-state index contributed by atoms with van der Waals surface area (Å²) < 4.78 is 1.15. The zero-order valence-electron chi connectivity index (χ0n) is 15.1. The number of halogens is 1. The minimum absolute atomic E-state index is 0.640. The van der Waals surface area contributed by atoms with Crippen molar-refractivity contribution in [2.24, 2.45) is 0 Å². The number of piperazine rings is 1. The summed E-state index contributed by atoms with van der Waals surface area (Å²) in [4.78, 5) is 9.54. The van der Waals surface area contributed by atoms with Gasteiger partial charge in [0.1, 0.15) is 5.01 Å². The van der Waals surface area contributed by atoms with Gasteiger partial charge in [-0.1, -0.05) is 53.5 Å². The number of anilines is 2. The molecule has 1 aliphatic heterocycles. The predicted octanol–water partition coefficient (Wildman–Crippen LogP) is 5.18. The molecule has 1 saturated carbocycles. The Bertz CT molecular complexity index is 925. The Morgan fingerprint density at radius 1 is 0.889 bits per heavy atom. The third kappa shape index (κ3) is 3.65. The number of aromatic nitrogens is 3. The van der Waals surface area contributed by atoms with E-state index >= 15 is 0 Å². The van der Waals surface area contributed by atoms with Gasteiger partial charge < -0.3 is 9.80 Å². The third-order valence-corrected chi connectivity index (χ3v) is 8.00. The van der Waals surface area contributed by atoms with Crippen LogP contribution in [-0.4, -0.2) is 41.4 Å². The summed E-state index contributed by atoms with van der Waals surface area (Å²) in [6, 6.07) is 5.91. The Labute approximate surface area is 172 Å².